The smallest absolute Gasteiger partial charge is 0.223 e. The lowest BCUT2D eigenvalue weighted by Gasteiger charge is -2.32. The zero-order valence-corrected chi connectivity index (χ0v) is 17.2. The van der Waals surface area contributed by atoms with Crippen LogP contribution in [0.1, 0.15) is 19.8 Å². The van der Waals surface area contributed by atoms with Gasteiger partial charge in [-0.2, -0.15) is 0 Å². The van der Waals surface area contributed by atoms with Gasteiger partial charge in [-0.3, -0.25) is 9.78 Å². The van der Waals surface area contributed by atoms with Crippen LogP contribution in [0.2, 0.25) is 5.02 Å². The van der Waals surface area contributed by atoms with Gasteiger partial charge in [0.15, 0.2) is 0 Å². The largest absolute Gasteiger partial charge is 0.350 e. The van der Waals surface area contributed by atoms with Crippen LogP contribution in [-0.2, 0) is 4.79 Å². The Kier molecular flexibility index (Phi) is 5.90. The Balaban J connectivity index is 1.58. The predicted octanol–water partition coefficient (Wildman–Crippen LogP) is 4.42. The maximum Gasteiger partial charge on any atom is 0.223 e. The number of rotatable bonds is 4. The van der Waals surface area contributed by atoms with E-state index in [1.165, 1.54) is 12.1 Å². The first-order chi connectivity index (χ1) is 14.5. The van der Waals surface area contributed by atoms with Crippen molar-refractivity contribution in [1.82, 2.24) is 19.9 Å². The summed E-state index contributed by atoms with van der Waals surface area (Å²) in [7, 11) is 0. The second-order valence-electron chi connectivity index (χ2n) is 7.28. The van der Waals surface area contributed by atoms with E-state index < -0.39 is 0 Å². The highest BCUT2D eigenvalue weighted by atomic mass is 35.5. The number of piperidine rings is 1. The van der Waals surface area contributed by atoms with Gasteiger partial charge >= 0.3 is 0 Å². The molecule has 1 amide bonds. The van der Waals surface area contributed by atoms with Crippen LogP contribution in [0.3, 0.4) is 0 Å². The van der Waals surface area contributed by atoms with Crippen LogP contribution in [0, 0.1) is 5.82 Å². The molecule has 0 radical (unpaired) electrons. The summed E-state index contributed by atoms with van der Waals surface area (Å²) >= 11 is 6.38. The predicted molar refractivity (Wildman–Crippen MR) is 115 cm³/mol. The van der Waals surface area contributed by atoms with Gasteiger partial charge in [-0.15, -0.1) is 0 Å². The summed E-state index contributed by atoms with van der Waals surface area (Å²) in [5, 5.41) is 3.75. The molecule has 154 valence electrons. The number of nitrogens with one attached hydrogen (secondary N) is 1. The summed E-state index contributed by atoms with van der Waals surface area (Å²) in [6.45, 7) is 2.99. The molecule has 6 nitrogen and oxygen atoms in total. The molecule has 3 aromatic rings. The molecule has 8 heteroatoms. The minimum atomic E-state index is -0.296. The lowest BCUT2D eigenvalue weighted by Crippen LogP contribution is -2.44. The van der Waals surface area contributed by atoms with Crippen molar-refractivity contribution in [3.05, 3.63) is 59.6 Å². The van der Waals surface area contributed by atoms with E-state index in [0.29, 0.717) is 28.9 Å². The highest BCUT2D eigenvalue weighted by Gasteiger charge is 2.22. The van der Waals surface area contributed by atoms with E-state index in [4.69, 9.17) is 11.6 Å². The zero-order chi connectivity index (χ0) is 21.1. The normalized spacial score (nSPS) is 16.4. The topological polar surface area (TPSA) is 71.0 Å². The monoisotopic (exact) mass is 425 g/mol. The van der Waals surface area contributed by atoms with Crippen LogP contribution in [0.5, 0.6) is 0 Å². The minimum Gasteiger partial charge on any atom is -0.350 e. The molecule has 1 saturated heterocycles. The van der Waals surface area contributed by atoms with Crippen molar-refractivity contribution in [2.75, 3.05) is 18.4 Å². The summed E-state index contributed by atoms with van der Waals surface area (Å²) in [5.41, 5.74) is 2.86. The van der Waals surface area contributed by atoms with Gasteiger partial charge in [0.2, 0.25) is 11.9 Å². The quantitative estimate of drug-likeness (QED) is 0.670. The van der Waals surface area contributed by atoms with Crippen LogP contribution < -0.4 is 5.32 Å². The Hall–Kier alpha value is -3.06. The number of carbonyl (C=O) groups is 1. The number of anilines is 1. The fourth-order valence-electron chi connectivity index (χ4n) is 3.56. The highest BCUT2D eigenvalue weighted by molar-refractivity contribution is 6.32. The van der Waals surface area contributed by atoms with Crippen molar-refractivity contribution in [2.45, 2.75) is 25.8 Å². The van der Waals surface area contributed by atoms with E-state index in [9.17, 15) is 9.18 Å². The molecule has 1 N–H and O–H groups in total. The molecule has 4 rings (SSSR count). The Morgan fingerprint density at radius 3 is 2.77 bits per heavy atom. The second-order valence-corrected chi connectivity index (χ2v) is 7.68. The maximum atomic E-state index is 13.2. The van der Waals surface area contributed by atoms with Crippen molar-refractivity contribution in [1.29, 1.82) is 0 Å². The number of aromatic nitrogens is 3. The van der Waals surface area contributed by atoms with Crippen molar-refractivity contribution in [3.63, 3.8) is 0 Å². The fraction of sp³-hybridized carbons (Fsp3) is 0.273. The van der Waals surface area contributed by atoms with Crippen molar-refractivity contribution >= 4 is 23.5 Å². The van der Waals surface area contributed by atoms with Crippen LogP contribution in [0.15, 0.2) is 48.8 Å². The Bertz CT molecular complexity index is 1060. The first-order valence-electron chi connectivity index (χ1n) is 9.76. The summed E-state index contributed by atoms with van der Waals surface area (Å²) in [6, 6.07) is 9.94. The fourth-order valence-corrected chi connectivity index (χ4v) is 3.76. The molecule has 30 heavy (non-hydrogen) atoms. The molecular weight excluding hydrogens is 405 g/mol. The third-order valence-corrected chi connectivity index (χ3v) is 5.39. The molecule has 0 spiro atoms. The van der Waals surface area contributed by atoms with Crippen LogP contribution >= 0.6 is 11.6 Å². The molecule has 0 aliphatic carbocycles. The second kappa shape index (κ2) is 8.75. The van der Waals surface area contributed by atoms with Gasteiger partial charge in [0.05, 0.1) is 22.6 Å². The number of amides is 1. The Labute approximate surface area is 179 Å². The maximum absolute atomic E-state index is 13.2. The number of hydrogen-bond acceptors (Lipinski definition) is 5. The third-order valence-electron chi connectivity index (χ3n) is 5.12. The summed E-state index contributed by atoms with van der Waals surface area (Å²) < 4.78 is 13.2. The van der Waals surface area contributed by atoms with E-state index in [0.717, 1.165) is 30.5 Å². The van der Waals surface area contributed by atoms with Crippen molar-refractivity contribution in [3.8, 4) is 22.5 Å². The van der Waals surface area contributed by atoms with E-state index in [1.807, 2.05) is 17.0 Å². The van der Waals surface area contributed by atoms with Gasteiger partial charge in [0.25, 0.3) is 0 Å². The first kappa shape index (κ1) is 20.2. The van der Waals surface area contributed by atoms with Gasteiger partial charge in [-0.05, 0) is 49.2 Å². The lowest BCUT2D eigenvalue weighted by atomic mass is 10.1. The summed E-state index contributed by atoms with van der Waals surface area (Å²) in [4.78, 5) is 26.8. The van der Waals surface area contributed by atoms with Gasteiger partial charge < -0.3 is 10.2 Å². The summed E-state index contributed by atoms with van der Waals surface area (Å²) in [5.74, 6) is 0.241. The number of hydrogen-bond donors (Lipinski definition) is 1. The number of carbonyl (C=O) groups excluding carboxylic acids is 1. The molecule has 1 aromatic carbocycles. The van der Waals surface area contributed by atoms with Gasteiger partial charge in [-0.1, -0.05) is 11.6 Å². The van der Waals surface area contributed by atoms with Crippen molar-refractivity contribution in [2.24, 2.45) is 0 Å². The first-order valence-corrected chi connectivity index (χ1v) is 10.1. The number of benzene rings is 1. The molecule has 0 unspecified atom stereocenters. The molecule has 1 fully saturated rings. The molecule has 1 aliphatic heterocycles. The number of pyridine rings is 1. The molecule has 1 atom stereocenters. The Morgan fingerprint density at radius 2 is 2.00 bits per heavy atom. The summed E-state index contributed by atoms with van der Waals surface area (Å²) in [6.07, 6.45) is 5.11. The number of likely N-dealkylation sites (tertiary alicyclic amines) is 1. The van der Waals surface area contributed by atoms with Gasteiger partial charge in [0, 0.05) is 43.4 Å². The molecule has 0 saturated carbocycles. The molecular formula is C22H21ClFN5O. The molecule has 2 aromatic heterocycles. The van der Waals surface area contributed by atoms with Crippen LogP contribution in [0.4, 0.5) is 10.3 Å². The van der Waals surface area contributed by atoms with Crippen LogP contribution in [-0.4, -0.2) is 44.9 Å². The standard InChI is InChI=1S/C22H21ClFN5O/c1-14(30)29-10-2-3-18(13-29)27-22-26-12-19(23)21(28-22)16-8-9-25-20(11-16)15-4-6-17(24)7-5-15/h4-9,11-12,18H,2-3,10,13H2,1H3,(H,26,27,28)/t18-/m0/s1. The van der Waals surface area contributed by atoms with Crippen molar-refractivity contribution < 1.29 is 9.18 Å². The minimum absolute atomic E-state index is 0.0734. The third kappa shape index (κ3) is 4.57. The van der Waals surface area contributed by atoms with Gasteiger partial charge in [0.1, 0.15) is 5.82 Å². The molecule has 0 bridgehead atoms. The zero-order valence-electron chi connectivity index (χ0n) is 16.5. The van der Waals surface area contributed by atoms with E-state index in [1.54, 1.807) is 31.5 Å². The molecule has 3 heterocycles. The van der Waals surface area contributed by atoms with E-state index in [2.05, 4.69) is 20.3 Å². The van der Waals surface area contributed by atoms with E-state index in [-0.39, 0.29) is 17.8 Å². The SMILES string of the molecule is CC(=O)N1CCC[C@H](Nc2ncc(Cl)c(-c3ccnc(-c4ccc(F)cc4)c3)n2)C1. The molecule has 1 aliphatic rings. The lowest BCUT2D eigenvalue weighted by molar-refractivity contribution is -0.129. The average molecular weight is 426 g/mol. The van der Waals surface area contributed by atoms with Crippen LogP contribution in [0.25, 0.3) is 22.5 Å². The average Bonchev–Trinajstić information content (AvgIpc) is 2.76. The Morgan fingerprint density at radius 1 is 1.20 bits per heavy atom. The van der Waals surface area contributed by atoms with E-state index >= 15 is 0 Å². The number of halogens is 2. The van der Waals surface area contributed by atoms with Gasteiger partial charge in [-0.25, -0.2) is 14.4 Å². The highest BCUT2D eigenvalue weighted by Crippen LogP contribution is 2.29. The number of nitrogens with zero attached hydrogens (tertiary/aromatic N) is 4.